The smallest absolute Gasteiger partial charge is 0.294 e. The highest BCUT2D eigenvalue weighted by atomic mass is 32.2. The summed E-state index contributed by atoms with van der Waals surface area (Å²) in [7, 11) is 1.79. The van der Waals surface area contributed by atoms with Crippen LogP contribution in [0.4, 0.5) is 0 Å². The maximum atomic E-state index is 12.8. The Hall–Kier alpha value is -1.51. The van der Waals surface area contributed by atoms with Gasteiger partial charge in [-0.25, -0.2) is 18.7 Å². The second-order valence-corrected chi connectivity index (χ2v) is 11.1. The fourth-order valence-electron chi connectivity index (χ4n) is 4.47. The quantitative estimate of drug-likeness (QED) is 0.723. The monoisotopic (exact) mass is 422 g/mol. The SMILES string of the molecule is Cn1c(=O)n(CC(C)(C)C)c2ccc(C3CCC(C)(C)C(CNS(=O)O)C3)nc21. The van der Waals surface area contributed by atoms with E-state index in [0.29, 0.717) is 13.1 Å². The number of imidazole rings is 1. The molecule has 0 bridgehead atoms. The average Bonchev–Trinajstić information content (AvgIpc) is 2.83. The van der Waals surface area contributed by atoms with Crippen molar-refractivity contribution in [2.24, 2.45) is 23.8 Å². The summed E-state index contributed by atoms with van der Waals surface area (Å²) < 4.78 is 26.3. The van der Waals surface area contributed by atoms with Gasteiger partial charge in [0.25, 0.3) is 0 Å². The molecule has 29 heavy (non-hydrogen) atoms. The predicted molar refractivity (Wildman–Crippen MR) is 117 cm³/mol. The van der Waals surface area contributed by atoms with Crippen LogP contribution in [0.3, 0.4) is 0 Å². The minimum Gasteiger partial charge on any atom is -0.294 e. The maximum absolute atomic E-state index is 12.8. The zero-order valence-corrected chi connectivity index (χ0v) is 19.2. The number of aromatic nitrogens is 3. The van der Waals surface area contributed by atoms with E-state index in [1.807, 2.05) is 10.6 Å². The van der Waals surface area contributed by atoms with Crippen molar-refractivity contribution in [3.05, 3.63) is 28.3 Å². The topological polar surface area (TPSA) is 89.2 Å². The second-order valence-electron chi connectivity index (χ2n) is 10.3. The Kier molecular flexibility index (Phi) is 6.09. The molecule has 1 aliphatic carbocycles. The number of pyridine rings is 1. The summed E-state index contributed by atoms with van der Waals surface area (Å²) in [6.45, 7) is 12.0. The molecule has 0 radical (unpaired) electrons. The molecule has 2 heterocycles. The fourth-order valence-corrected chi connectivity index (χ4v) is 4.82. The van der Waals surface area contributed by atoms with Crippen LogP contribution in [0.1, 0.15) is 65.5 Å². The molecule has 0 saturated heterocycles. The van der Waals surface area contributed by atoms with Crippen molar-refractivity contribution in [2.75, 3.05) is 6.54 Å². The lowest BCUT2D eigenvalue weighted by Crippen LogP contribution is -2.38. The summed E-state index contributed by atoms with van der Waals surface area (Å²) >= 11 is -1.99. The van der Waals surface area contributed by atoms with Crippen molar-refractivity contribution < 1.29 is 8.76 Å². The van der Waals surface area contributed by atoms with E-state index in [0.717, 1.165) is 36.1 Å². The van der Waals surface area contributed by atoms with Gasteiger partial charge in [-0.05, 0) is 48.1 Å². The third kappa shape index (κ3) is 4.81. The molecular weight excluding hydrogens is 388 g/mol. The molecule has 0 aliphatic heterocycles. The van der Waals surface area contributed by atoms with E-state index in [1.165, 1.54) is 0 Å². The summed E-state index contributed by atoms with van der Waals surface area (Å²) in [6, 6.07) is 4.08. The Labute approximate surface area is 175 Å². The van der Waals surface area contributed by atoms with Gasteiger partial charge in [-0.15, -0.1) is 0 Å². The molecule has 1 saturated carbocycles. The Morgan fingerprint density at radius 3 is 2.66 bits per heavy atom. The van der Waals surface area contributed by atoms with Gasteiger partial charge in [0.1, 0.15) is 0 Å². The molecule has 0 amide bonds. The van der Waals surface area contributed by atoms with Crippen molar-refractivity contribution in [2.45, 2.75) is 66.3 Å². The van der Waals surface area contributed by atoms with Crippen molar-refractivity contribution in [1.82, 2.24) is 18.8 Å². The van der Waals surface area contributed by atoms with Crippen LogP contribution in [0, 0.1) is 16.7 Å². The molecular formula is C21H34N4O3S. The Bertz CT molecular complexity index is 971. The number of nitrogens with one attached hydrogen (secondary N) is 1. The first-order chi connectivity index (χ1) is 13.4. The van der Waals surface area contributed by atoms with Gasteiger partial charge < -0.3 is 0 Å². The number of nitrogens with zero attached hydrogens (tertiary/aromatic N) is 3. The average molecular weight is 423 g/mol. The minimum atomic E-state index is -1.99. The fraction of sp³-hybridized carbons (Fsp3) is 0.714. The maximum Gasteiger partial charge on any atom is 0.330 e. The number of fused-ring (bicyclic) bond motifs is 1. The number of rotatable bonds is 5. The van der Waals surface area contributed by atoms with Gasteiger partial charge in [0, 0.05) is 31.7 Å². The molecule has 3 rings (SSSR count). The summed E-state index contributed by atoms with van der Waals surface area (Å²) in [6.07, 6.45) is 2.97. The van der Waals surface area contributed by atoms with Crippen LogP contribution in [0.5, 0.6) is 0 Å². The zero-order valence-electron chi connectivity index (χ0n) is 18.4. The molecule has 3 unspecified atom stereocenters. The molecule has 8 heteroatoms. The van der Waals surface area contributed by atoms with Crippen LogP contribution in [0.2, 0.25) is 0 Å². The predicted octanol–water partition coefficient (Wildman–Crippen LogP) is 3.42. The van der Waals surface area contributed by atoms with Gasteiger partial charge in [-0.1, -0.05) is 34.6 Å². The van der Waals surface area contributed by atoms with E-state index in [-0.39, 0.29) is 28.4 Å². The van der Waals surface area contributed by atoms with E-state index >= 15 is 0 Å². The minimum absolute atomic E-state index is 0.00124. The molecule has 0 aromatic carbocycles. The highest BCUT2D eigenvalue weighted by Crippen LogP contribution is 2.46. The third-order valence-corrected chi connectivity index (χ3v) is 6.73. The lowest BCUT2D eigenvalue weighted by atomic mass is 9.65. The van der Waals surface area contributed by atoms with Crippen LogP contribution in [0.25, 0.3) is 11.2 Å². The number of hydrogen-bond acceptors (Lipinski definition) is 3. The van der Waals surface area contributed by atoms with Gasteiger partial charge in [0.05, 0.1) is 5.52 Å². The van der Waals surface area contributed by atoms with Crippen LogP contribution in [-0.4, -0.2) is 29.4 Å². The molecule has 162 valence electrons. The number of aryl methyl sites for hydroxylation is 1. The van der Waals surface area contributed by atoms with Crippen molar-refractivity contribution in [3.63, 3.8) is 0 Å². The summed E-state index contributed by atoms with van der Waals surface area (Å²) in [4.78, 5) is 17.7. The van der Waals surface area contributed by atoms with E-state index in [2.05, 4.69) is 45.4 Å². The van der Waals surface area contributed by atoms with Gasteiger partial charge >= 0.3 is 5.69 Å². The summed E-state index contributed by atoms with van der Waals surface area (Å²) in [5, 5.41) is 0. The largest absolute Gasteiger partial charge is 0.330 e. The van der Waals surface area contributed by atoms with Crippen molar-refractivity contribution in [3.8, 4) is 0 Å². The Morgan fingerprint density at radius 2 is 2.03 bits per heavy atom. The van der Waals surface area contributed by atoms with E-state index in [4.69, 9.17) is 9.54 Å². The molecule has 3 atom stereocenters. The van der Waals surface area contributed by atoms with Gasteiger partial charge in [0.15, 0.2) is 5.65 Å². The van der Waals surface area contributed by atoms with Crippen LogP contribution in [0.15, 0.2) is 16.9 Å². The highest BCUT2D eigenvalue weighted by Gasteiger charge is 2.37. The first kappa shape index (κ1) is 22.2. The molecule has 1 aliphatic rings. The van der Waals surface area contributed by atoms with Gasteiger partial charge in [0.2, 0.25) is 11.3 Å². The molecule has 0 spiro atoms. The van der Waals surface area contributed by atoms with Crippen LogP contribution in [-0.2, 0) is 24.9 Å². The third-order valence-electron chi connectivity index (χ3n) is 6.32. The van der Waals surface area contributed by atoms with Crippen molar-refractivity contribution in [1.29, 1.82) is 0 Å². The first-order valence-corrected chi connectivity index (χ1v) is 11.4. The van der Waals surface area contributed by atoms with E-state index in [1.54, 1.807) is 11.6 Å². The standard InChI is InChI=1S/C21H34N4O3S/c1-20(2,3)13-25-17-8-7-16(23-18(17)24(6)19(25)26)14-9-10-21(4,5)15(11-14)12-22-29(27)28/h7-8,14-15,22H,9-13H2,1-6H3,(H,27,28). The molecule has 2 aromatic rings. The zero-order chi connectivity index (χ0) is 21.6. The highest BCUT2D eigenvalue weighted by molar-refractivity contribution is 7.77. The van der Waals surface area contributed by atoms with Crippen molar-refractivity contribution >= 4 is 22.4 Å². The Balaban J connectivity index is 1.91. The summed E-state index contributed by atoms with van der Waals surface area (Å²) in [5.74, 6) is 0.566. The molecule has 1 fully saturated rings. The van der Waals surface area contributed by atoms with Gasteiger partial charge in [-0.2, -0.15) is 0 Å². The number of hydrogen-bond donors (Lipinski definition) is 2. The summed E-state index contributed by atoms with van der Waals surface area (Å²) in [5.41, 5.74) is 2.69. The van der Waals surface area contributed by atoms with E-state index < -0.39 is 11.3 Å². The lowest BCUT2D eigenvalue weighted by molar-refractivity contribution is 0.125. The second kappa shape index (κ2) is 7.96. The lowest BCUT2D eigenvalue weighted by Gasteiger charge is -2.42. The molecule has 7 nitrogen and oxygen atoms in total. The van der Waals surface area contributed by atoms with E-state index in [9.17, 15) is 9.00 Å². The van der Waals surface area contributed by atoms with Crippen LogP contribution >= 0.6 is 0 Å². The first-order valence-electron chi connectivity index (χ1n) is 10.3. The normalized spacial score (nSPS) is 23.4. The van der Waals surface area contributed by atoms with Gasteiger partial charge in [-0.3, -0.25) is 13.7 Å². The Morgan fingerprint density at radius 1 is 1.34 bits per heavy atom. The van der Waals surface area contributed by atoms with Crippen LogP contribution < -0.4 is 10.4 Å². The molecule has 2 aromatic heterocycles. The molecule has 2 N–H and O–H groups in total.